The number of anilines is 2. The average molecular weight is 457 g/mol. The second-order valence-corrected chi connectivity index (χ2v) is 8.60. The fourth-order valence-electron chi connectivity index (χ4n) is 4.30. The summed E-state index contributed by atoms with van der Waals surface area (Å²) in [4.78, 5) is 30.7. The number of nitrogens with zero attached hydrogens (tertiary/aromatic N) is 7. The van der Waals surface area contributed by atoms with Crippen molar-refractivity contribution in [1.82, 2.24) is 30.0 Å². The first-order valence-corrected chi connectivity index (χ1v) is 11.5. The van der Waals surface area contributed by atoms with Crippen LogP contribution >= 0.6 is 0 Å². The average Bonchev–Trinajstić information content (AvgIpc) is 3.28. The SMILES string of the molecule is Cc1ccc(C(C)NC(=O)Cn2ncc3c(N4CCN(c5ccccn5)CC4)ncnc32)cc1. The molecular formula is C25H28N8O. The molecule has 9 nitrogen and oxygen atoms in total. The van der Waals surface area contributed by atoms with Gasteiger partial charge in [-0.3, -0.25) is 4.79 Å². The summed E-state index contributed by atoms with van der Waals surface area (Å²) in [6.07, 6.45) is 5.13. The van der Waals surface area contributed by atoms with Gasteiger partial charge in [-0.25, -0.2) is 19.6 Å². The molecule has 1 saturated heterocycles. The molecule has 1 aromatic carbocycles. The summed E-state index contributed by atoms with van der Waals surface area (Å²) in [5.74, 6) is 1.74. The molecular weight excluding hydrogens is 428 g/mol. The number of pyridine rings is 1. The molecule has 0 bridgehead atoms. The molecule has 0 radical (unpaired) electrons. The number of fused-ring (bicyclic) bond motifs is 1. The number of hydrogen-bond donors (Lipinski definition) is 1. The molecule has 4 heterocycles. The monoisotopic (exact) mass is 456 g/mol. The van der Waals surface area contributed by atoms with Gasteiger partial charge in [-0.1, -0.05) is 35.9 Å². The van der Waals surface area contributed by atoms with Crippen LogP contribution in [-0.4, -0.2) is 56.8 Å². The Morgan fingerprint density at radius 1 is 1.00 bits per heavy atom. The van der Waals surface area contributed by atoms with Gasteiger partial charge < -0.3 is 15.1 Å². The van der Waals surface area contributed by atoms with E-state index in [9.17, 15) is 4.79 Å². The van der Waals surface area contributed by atoms with E-state index < -0.39 is 0 Å². The van der Waals surface area contributed by atoms with Gasteiger partial charge in [0.2, 0.25) is 5.91 Å². The number of hydrogen-bond acceptors (Lipinski definition) is 7. The second kappa shape index (κ2) is 9.46. The van der Waals surface area contributed by atoms with E-state index in [1.54, 1.807) is 17.2 Å². The fourth-order valence-corrected chi connectivity index (χ4v) is 4.30. The third kappa shape index (κ3) is 4.54. The number of rotatable bonds is 6. The largest absolute Gasteiger partial charge is 0.353 e. The molecule has 3 aromatic heterocycles. The van der Waals surface area contributed by atoms with Crippen molar-refractivity contribution in [1.29, 1.82) is 0 Å². The molecule has 4 aromatic rings. The highest BCUT2D eigenvalue weighted by Gasteiger charge is 2.22. The predicted octanol–water partition coefficient (Wildman–Crippen LogP) is 2.73. The van der Waals surface area contributed by atoms with Crippen LogP contribution in [0.5, 0.6) is 0 Å². The van der Waals surface area contributed by atoms with Crippen molar-refractivity contribution in [2.45, 2.75) is 26.4 Å². The minimum absolute atomic E-state index is 0.0875. The van der Waals surface area contributed by atoms with Crippen molar-refractivity contribution < 1.29 is 4.79 Å². The molecule has 34 heavy (non-hydrogen) atoms. The normalized spacial score (nSPS) is 14.9. The van der Waals surface area contributed by atoms with Crippen LogP contribution in [0.25, 0.3) is 11.0 Å². The van der Waals surface area contributed by atoms with Crippen LogP contribution in [0.3, 0.4) is 0 Å². The first-order valence-electron chi connectivity index (χ1n) is 11.5. The maximum Gasteiger partial charge on any atom is 0.242 e. The van der Waals surface area contributed by atoms with Gasteiger partial charge in [0, 0.05) is 32.4 Å². The molecule has 1 N–H and O–H groups in total. The summed E-state index contributed by atoms with van der Waals surface area (Å²) < 4.78 is 1.64. The molecule has 1 unspecified atom stereocenters. The van der Waals surface area contributed by atoms with Crippen molar-refractivity contribution in [2.75, 3.05) is 36.0 Å². The van der Waals surface area contributed by atoms with E-state index in [1.807, 2.05) is 62.5 Å². The summed E-state index contributed by atoms with van der Waals surface area (Å²) in [6, 6.07) is 14.1. The Bertz CT molecular complexity index is 1260. The number of piperazine rings is 1. The van der Waals surface area contributed by atoms with E-state index in [2.05, 4.69) is 35.2 Å². The highest BCUT2D eigenvalue weighted by molar-refractivity contribution is 5.88. The van der Waals surface area contributed by atoms with E-state index in [0.717, 1.165) is 48.8 Å². The molecule has 0 saturated carbocycles. The Morgan fingerprint density at radius 3 is 2.50 bits per heavy atom. The van der Waals surface area contributed by atoms with Gasteiger partial charge in [0.15, 0.2) is 5.65 Å². The highest BCUT2D eigenvalue weighted by atomic mass is 16.2. The van der Waals surface area contributed by atoms with Gasteiger partial charge in [-0.2, -0.15) is 5.10 Å². The molecule has 1 aliphatic heterocycles. The first kappa shape index (κ1) is 21.8. The van der Waals surface area contributed by atoms with Gasteiger partial charge in [0.05, 0.1) is 17.6 Å². The molecule has 9 heteroatoms. The minimum atomic E-state index is -0.109. The van der Waals surface area contributed by atoms with Gasteiger partial charge in [0.25, 0.3) is 0 Å². The number of carbonyl (C=O) groups is 1. The minimum Gasteiger partial charge on any atom is -0.353 e. The quantitative estimate of drug-likeness (QED) is 0.477. The van der Waals surface area contributed by atoms with E-state index >= 15 is 0 Å². The zero-order valence-electron chi connectivity index (χ0n) is 19.4. The fraction of sp³-hybridized carbons (Fsp3) is 0.320. The highest BCUT2D eigenvalue weighted by Crippen LogP contribution is 2.24. The number of benzene rings is 1. The predicted molar refractivity (Wildman–Crippen MR) is 132 cm³/mol. The molecule has 1 amide bonds. The lowest BCUT2D eigenvalue weighted by atomic mass is 10.1. The van der Waals surface area contributed by atoms with Crippen LogP contribution < -0.4 is 15.1 Å². The lowest BCUT2D eigenvalue weighted by Crippen LogP contribution is -2.47. The number of aryl methyl sites for hydroxylation is 1. The van der Waals surface area contributed by atoms with Gasteiger partial charge >= 0.3 is 0 Å². The van der Waals surface area contributed by atoms with Gasteiger partial charge in [-0.15, -0.1) is 0 Å². The zero-order valence-corrected chi connectivity index (χ0v) is 19.4. The van der Waals surface area contributed by atoms with Crippen LogP contribution in [0.4, 0.5) is 11.6 Å². The Kier molecular flexibility index (Phi) is 6.07. The molecule has 0 aliphatic carbocycles. The van der Waals surface area contributed by atoms with Crippen LogP contribution in [0.15, 0.2) is 61.2 Å². The summed E-state index contributed by atoms with van der Waals surface area (Å²) in [5, 5.41) is 8.36. The lowest BCUT2D eigenvalue weighted by Gasteiger charge is -2.36. The van der Waals surface area contributed by atoms with Crippen molar-refractivity contribution in [3.05, 3.63) is 72.3 Å². The summed E-state index contributed by atoms with van der Waals surface area (Å²) in [7, 11) is 0. The van der Waals surface area contributed by atoms with Crippen LogP contribution in [0.2, 0.25) is 0 Å². The molecule has 1 atom stereocenters. The topological polar surface area (TPSA) is 92.1 Å². The zero-order chi connectivity index (χ0) is 23.5. The molecule has 1 fully saturated rings. The van der Waals surface area contributed by atoms with Gasteiger partial charge in [0.1, 0.15) is 24.5 Å². The van der Waals surface area contributed by atoms with Crippen molar-refractivity contribution in [3.8, 4) is 0 Å². The molecule has 5 rings (SSSR count). The van der Waals surface area contributed by atoms with E-state index in [-0.39, 0.29) is 18.5 Å². The van der Waals surface area contributed by atoms with Gasteiger partial charge in [-0.05, 0) is 31.5 Å². The summed E-state index contributed by atoms with van der Waals surface area (Å²) >= 11 is 0. The standard InChI is InChI=1S/C25H28N8O/c1-18-6-8-20(9-7-18)19(2)30-23(34)16-33-25-21(15-29-33)24(27-17-28-25)32-13-11-31(12-14-32)22-5-3-4-10-26-22/h3-10,15,17,19H,11-14,16H2,1-2H3,(H,30,34). The van der Waals surface area contributed by atoms with Crippen LogP contribution in [0.1, 0.15) is 24.1 Å². The number of carbonyl (C=O) groups excluding carboxylic acids is 1. The first-order chi connectivity index (χ1) is 16.6. The molecule has 174 valence electrons. The van der Waals surface area contributed by atoms with Crippen molar-refractivity contribution >= 4 is 28.6 Å². The maximum absolute atomic E-state index is 12.7. The summed E-state index contributed by atoms with van der Waals surface area (Å²) in [6.45, 7) is 7.49. The Balaban J connectivity index is 1.26. The number of amides is 1. The van der Waals surface area contributed by atoms with Crippen LogP contribution in [0, 0.1) is 6.92 Å². The van der Waals surface area contributed by atoms with Crippen molar-refractivity contribution in [3.63, 3.8) is 0 Å². The second-order valence-electron chi connectivity index (χ2n) is 8.60. The van der Waals surface area contributed by atoms with Crippen LogP contribution in [-0.2, 0) is 11.3 Å². The van der Waals surface area contributed by atoms with Crippen molar-refractivity contribution in [2.24, 2.45) is 0 Å². The summed E-state index contributed by atoms with van der Waals surface area (Å²) in [5.41, 5.74) is 2.92. The maximum atomic E-state index is 12.7. The third-order valence-electron chi connectivity index (χ3n) is 6.21. The van der Waals surface area contributed by atoms with E-state index in [0.29, 0.717) is 5.65 Å². The number of nitrogens with one attached hydrogen (secondary N) is 1. The molecule has 1 aliphatic rings. The Morgan fingerprint density at radius 2 is 1.76 bits per heavy atom. The smallest absolute Gasteiger partial charge is 0.242 e. The third-order valence-corrected chi connectivity index (χ3v) is 6.21. The number of aromatic nitrogens is 5. The lowest BCUT2D eigenvalue weighted by molar-refractivity contribution is -0.122. The van der Waals surface area contributed by atoms with E-state index in [1.165, 1.54) is 5.56 Å². The Labute approximate surface area is 198 Å². The molecule has 0 spiro atoms. The van der Waals surface area contributed by atoms with E-state index in [4.69, 9.17) is 0 Å². The Hall–Kier alpha value is -4.01.